The molecule has 0 heterocycles. The topological polar surface area (TPSA) is 58.6 Å². The number of ether oxygens (including phenoxy) is 1. The molecule has 12 heavy (non-hydrogen) atoms. The molecule has 4 heteroatoms. The van der Waals surface area contributed by atoms with Gasteiger partial charge in [-0.05, 0) is 0 Å². The molecule has 0 aromatic carbocycles. The molecule has 0 atom stereocenters. The molecule has 0 amide bonds. The van der Waals surface area contributed by atoms with E-state index in [1.165, 1.54) is 7.11 Å². The molecule has 0 rings (SSSR count). The Balaban J connectivity index is 3.49. The van der Waals surface area contributed by atoms with Gasteiger partial charge in [0, 0.05) is 18.6 Å². The van der Waals surface area contributed by atoms with Gasteiger partial charge in [-0.1, -0.05) is 13.8 Å². The van der Waals surface area contributed by atoms with Crippen molar-refractivity contribution in [1.29, 1.82) is 0 Å². The molecule has 0 unspecified atom stereocenters. The van der Waals surface area contributed by atoms with E-state index in [1.807, 2.05) is 13.8 Å². The lowest BCUT2D eigenvalue weighted by molar-refractivity contribution is -0.139. The molecule has 0 spiro atoms. The first kappa shape index (κ1) is 11.4. The number of esters is 1. The van der Waals surface area contributed by atoms with E-state index < -0.39 is 0 Å². The van der Waals surface area contributed by atoms with E-state index in [2.05, 4.69) is 10.1 Å². The highest BCUT2D eigenvalue weighted by Crippen LogP contribution is 2.10. The van der Waals surface area contributed by atoms with Crippen LogP contribution in [0.15, 0.2) is 0 Å². The second-order valence-corrected chi connectivity index (χ2v) is 3.50. The van der Waals surface area contributed by atoms with Gasteiger partial charge in [0.2, 0.25) is 0 Å². The molecule has 72 valence electrons. The Morgan fingerprint density at radius 3 is 2.58 bits per heavy atom. The lowest BCUT2D eigenvalue weighted by Gasteiger charge is -2.21. The predicted molar refractivity (Wildman–Crippen MR) is 45.8 cm³/mol. The van der Waals surface area contributed by atoms with E-state index in [9.17, 15) is 4.79 Å². The summed E-state index contributed by atoms with van der Waals surface area (Å²) in [5.74, 6) is -0.288. The summed E-state index contributed by atoms with van der Waals surface area (Å²) in [5.41, 5.74) is -0.186. The van der Waals surface area contributed by atoms with Crippen LogP contribution in [-0.4, -0.2) is 37.9 Å². The SMILES string of the molecule is COC(=O)CNCC(C)(C)CO. The Morgan fingerprint density at radius 1 is 1.58 bits per heavy atom. The Bertz CT molecular complexity index is 145. The summed E-state index contributed by atoms with van der Waals surface area (Å²) in [6.45, 7) is 4.72. The minimum atomic E-state index is -0.288. The highest BCUT2D eigenvalue weighted by Gasteiger charge is 2.15. The number of aliphatic hydroxyl groups is 1. The number of carbonyl (C=O) groups is 1. The molecule has 0 saturated heterocycles. The van der Waals surface area contributed by atoms with Crippen molar-refractivity contribution in [3.63, 3.8) is 0 Å². The number of carbonyl (C=O) groups excluding carboxylic acids is 1. The first-order valence-corrected chi connectivity index (χ1v) is 3.90. The monoisotopic (exact) mass is 175 g/mol. The average Bonchev–Trinajstić information content (AvgIpc) is 2.04. The summed E-state index contributed by atoms with van der Waals surface area (Å²) in [5, 5.41) is 11.8. The number of nitrogens with one attached hydrogen (secondary N) is 1. The summed E-state index contributed by atoms with van der Waals surface area (Å²) in [6, 6.07) is 0. The van der Waals surface area contributed by atoms with Crippen molar-refractivity contribution in [3.8, 4) is 0 Å². The molecule has 0 bridgehead atoms. The highest BCUT2D eigenvalue weighted by atomic mass is 16.5. The summed E-state index contributed by atoms with van der Waals surface area (Å²) in [4.78, 5) is 10.6. The van der Waals surface area contributed by atoms with Gasteiger partial charge in [0.25, 0.3) is 0 Å². The van der Waals surface area contributed by atoms with Crippen LogP contribution < -0.4 is 5.32 Å². The fourth-order valence-corrected chi connectivity index (χ4v) is 0.631. The minimum Gasteiger partial charge on any atom is -0.468 e. The van der Waals surface area contributed by atoms with Gasteiger partial charge in [-0.3, -0.25) is 4.79 Å². The lowest BCUT2D eigenvalue weighted by Crippen LogP contribution is -2.35. The maximum atomic E-state index is 10.6. The van der Waals surface area contributed by atoms with Crippen molar-refractivity contribution < 1.29 is 14.6 Å². The zero-order chi connectivity index (χ0) is 9.61. The average molecular weight is 175 g/mol. The van der Waals surface area contributed by atoms with E-state index in [4.69, 9.17) is 5.11 Å². The van der Waals surface area contributed by atoms with Crippen LogP contribution in [0.5, 0.6) is 0 Å². The third kappa shape index (κ3) is 5.09. The smallest absolute Gasteiger partial charge is 0.319 e. The molecule has 0 aliphatic heterocycles. The molecule has 0 saturated carbocycles. The third-order valence-electron chi connectivity index (χ3n) is 1.53. The second kappa shape index (κ2) is 5.11. The third-order valence-corrected chi connectivity index (χ3v) is 1.53. The van der Waals surface area contributed by atoms with Crippen LogP contribution in [0.3, 0.4) is 0 Å². The van der Waals surface area contributed by atoms with Crippen molar-refractivity contribution in [2.45, 2.75) is 13.8 Å². The van der Waals surface area contributed by atoms with Crippen LogP contribution in [0.2, 0.25) is 0 Å². The minimum absolute atomic E-state index is 0.0984. The van der Waals surface area contributed by atoms with E-state index in [0.717, 1.165) is 0 Å². The van der Waals surface area contributed by atoms with Crippen molar-refractivity contribution >= 4 is 5.97 Å². The Hall–Kier alpha value is -0.610. The van der Waals surface area contributed by atoms with Gasteiger partial charge < -0.3 is 15.2 Å². The normalized spacial score (nSPS) is 11.3. The van der Waals surface area contributed by atoms with Crippen LogP contribution in [0.1, 0.15) is 13.8 Å². The molecule has 0 radical (unpaired) electrons. The molecule has 0 aliphatic carbocycles. The molecule has 0 aromatic heterocycles. The van der Waals surface area contributed by atoms with Crippen LogP contribution in [0.25, 0.3) is 0 Å². The number of rotatable bonds is 5. The van der Waals surface area contributed by atoms with Gasteiger partial charge in [0.05, 0.1) is 13.7 Å². The first-order chi connectivity index (χ1) is 5.52. The number of methoxy groups -OCH3 is 1. The number of hydrogen-bond acceptors (Lipinski definition) is 4. The molecule has 0 fully saturated rings. The molecule has 0 aliphatic rings. The van der Waals surface area contributed by atoms with Crippen LogP contribution in [0, 0.1) is 5.41 Å². The lowest BCUT2D eigenvalue weighted by atomic mass is 9.95. The fraction of sp³-hybridized carbons (Fsp3) is 0.875. The Morgan fingerprint density at radius 2 is 2.17 bits per heavy atom. The molecule has 0 aromatic rings. The largest absolute Gasteiger partial charge is 0.468 e. The molecular formula is C8H17NO3. The van der Waals surface area contributed by atoms with Crippen molar-refractivity contribution in [3.05, 3.63) is 0 Å². The van der Waals surface area contributed by atoms with E-state index in [-0.39, 0.29) is 24.5 Å². The summed E-state index contributed by atoms with van der Waals surface area (Å²) < 4.78 is 4.43. The van der Waals surface area contributed by atoms with Crippen LogP contribution in [0.4, 0.5) is 0 Å². The van der Waals surface area contributed by atoms with Crippen LogP contribution in [-0.2, 0) is 9.53 Å². The quantitative estimate of drug-likeness (QED) is 0.567. The van der Waals surface area contributed by atoms with Crippen LogP contribution >= 0.6 is 0 Å². The zero-order valence-corrected chi connectivity index (χ0v) is 7.89. The van der Waals surface area contributed by atoms with Gasteiger partial charge >= 0.3 is 5.97 Å². The van der Waals surface area contributed by atoms with Crippen molar-refractivity contribution in [2.24, 2.45) is 5.41 Å². The Kier molecular flexibility index (Phi) is 4.85. The summed E-state index contributed by atoms with van der Waals surface area (Å²) in [6.07, 6.45) is 0. The fourth-order valence-electron chi connectivity index (χ4n) is 0.631. The Labute approximate surface area is 72.9 Å². The van der Waals surface area contributed by atoms with E-state index in [1.54, 1.807) is 0 Å². The maximum absolute atomic E-state index is 10.6. The van der Waals surface area contributed by atoms with Gasteiger partial charge in [0.1, 0.15) is 0 Å². The van der Waals surface area contributed by atoms with Gasteiger partial charge in [0.15, 0.2) is 0 Å². The van der Waals surface area contributed by atoms with Gasteiger partial charge in [-0.15, -0.1) is 0 Å². The first-order valence-electron chi connectivity index (χ1n) is 3.90. The number of aliphatic hydroxyl groups excluding tert-OH is 1. The standard InChI is InChI=1S/C8H17NO3/c1-8(2,6-10)5-9-4-7(11)12-3/h9-10H,4-6H2,1-3H3. The van der Waals surface area contributed by atoms with Gasteiger partial charge in [-0.2, -0.15) is 0 Å². The number of hydrogen-bond donors (Lipinski definition) is 2. The summed E-state index contributed by atoms with van der Waals surface area (Å²) >= 11 is 0. The zero-order valence-electron chi connectivity index (χ0n) is 7.89. The molecule has 4 nitrogen and oxygen atoms in total. The second-order valence-electron chi connectivity index (χ2n) is 3.50. The highest BCUT2D eigenvalue weighted by molar-refractivity contribution is 5.71. The van der Waals surface area contributed by atoms with E-state index in [0.29, 0.717) is 6.54 Å². The van der Waals surface area contributed by atoms with Crippen molar-refractivity contribution in [2.75, 3.05) is 26.8 Å². The van der Waals surface area contributed by atoms with E-state index >= 15 is 0 Å². The van der Waals surface area contributed by atoms with Gasteiger partial charge in [-0.25, -0.2) is 0 Å². The molecule has 2 N–H and O–H groups in total. The summed E-state index contributed by atoms with van der Waals surface area (Å²) in [7, 11) is 1.35. The molecular weight excluding hydrogens is 158 g/mol. The maximum Gasteiger partial charge on any atom is 0.319 e. The predicted octanol–water partition coefficient (Wildman–Crippen LogP) is -0.233. The van der Waals surface area contributed by atoms with Crippen molar-refractivity contribution in [1.82, 2.24) is 5.32 Å².